The predicted molar refractivity (Wildman–Crippen MR) is 64.9 cm³/mol. The van der Waals surface area contributed by atoms with Crippen molar-refractivity contribution in [2.24, 2.45) is 0 Å². The summed E-state index contributed by atoms with van der Waals surface area (Å²) in [7, 11) is 1.72. The van der Waals surface area contributed by atoms with E-state index in [1.54, 1.807) is 7.11 Å². The Hall–Kier alpha value is -1.57. The Morgan fingerprint density at radius 1 is 1.19 bits per heavy atom. The molecular weight excluding hydrogens is 198 g/mol. The first-order chi connectivity index (χ1) is 7.88. The Labute approximate surface area is 95.3 Å². The van der Waals surface area contributed by atoms with Gasteiger partial charge in [0.1, 0.15) is 5.75 Å². The largest absolute Gasteiger partial charge is 0.496 e. The first-order valence-corrected chi connectivity index (χ1v) is 5.84. The highest BCUT2D eigenvalue weighted by atomic mass is 16.5. The third-order valence-electron chi connectivity index (χ3n) is 3.32. The summed E-state index contributed by atoms with van der Waals surface area (Å²) in [4.78, 5) is 4.74. The maximum Gasteiger partial charge on any atom is 0.128 e. The number of benzene rings is 1. The number of nitrogens with zero attached hydrogens (tertiary/aromatic N) is 1. The van der Waals surface area contributed by atoms with E-state index in [1.807, 2.05) is 12.1 Å². The van der Waals surface area contributed by atoms with Crippen molar-refractivity contribution in [3.8, 4) is 5.75 Å². The number of ether oxygens (including phenoxy) is 1. The van der Waals surface area contributed by atoms with E-state index in [1.165, 1.54) is 24.1 Å². The lowest BCUT2D eigenvalue weighted by atomic mass is 9.94. The summed E-state index contributed by atoms with van der Waals surface area (Å²) in [5, 5.41) is 1.14. The Morgan fingerprint density at radius 3 is 2.94 bits per heavy atom. The fourth-order valence-corrected chi connectivity index (χ4v) is 2.47. The number of aryl methyl sites for hydroxylation is 2. The fourth-order valence-electron chi connectivity index (χ4n) is 2.47. The number of hydrogen-bond donors (Lipinski definition) is 0. The van der Waals surface area contributed by atoms with Gasteiger partial charge in [0.05, 0.1) is 12.6 Å². The van der Waals surface area contributed by atoms with E-state index in [-0.39, 0.29) is 0 Å². The van der Waals surface area contributed by atoms with E-state index in [9.17, 15) is 0 Å². The molecule has 0 bridgehead atoms. The van der Waals surface area contributed by atoms with Crippen LogP contribution in [0.3, 0.4) is 0 Å². The highest BCUT2D eigenvalue weighted by molar-refractivity contribution is 5.86. The minimum atomic E-state index is 0.929. The lowest BCUT2D eigenvalue weighted by Crippen LogP contribution is -2.05. The lowest BCUT2D eigenvalue weighted by molar-refractivity contribution is 0.419. The maximum absolute atomic E-state index is 5.38. The van der Waals surface area contributed by atoms with Crippen LogP contribution in [0.25, 0.3) is 10.9 Å². The van der Waals surface area contributed by atoms with Crippen molar-refractivity contribution in [2.45, 2.75) is 25.7 Å². The molecule has 2 nitrogen and oxygen atoms in total. The highest BCUT2D eigenvalue weighted by Crippen LogP contribution is 2.29. The van der Waals surface area contributed by atoms with E-state index < -0.39 is 0 Å². The van der Waals surface area contributed by atoms with Crippen LogP contribution >= 0.6 is 0 Å². The van der Waals surface area contributed by atoms with Crippen LogP contribution in [-0.4, -0.2) is 12.1 Å². The molecule has 0 atom stereocenters. The molecule has 0 amide bonds. The molecule has 1 aliphatic carbocycles. The fraction of sp³-hybridized carbons (Fsp3) is 0.357. The number of aromatic nitrogens is 1. The monoisotopic (exact) mass is 213 g/mol. The molecule has 0 radical (unpaired) electrons. The van der Waals surface area contributed by atoms with E-state index >= 15 is 0 Å². The molecule has 1 aromatic heterocycles. The van der Waals surface area contributed by atoms with Gasteiger partial charge >= 0.3 is 0 Å². The van der Waals surface area contributed by atoms with Gasteiger partial charge in [-0.25, -0.2) is 0 Å². The molecule has 0 aliphatic heterocycles. The zero-order valence-electron chi connectivity index (χ0n) is 9.49. The predicted octanol–water partition coefficient (Wildman–Crippen LogP) is 3.12. The first-order valence-electron chi connectivity index (χ1n) is 5.84. The molecule has 1 aliphatic rings. The second-order valence-electron chi connectivity index (χ2n) is 4.33. The lowest BCUT2D eigenvalue weighted by Gasteiger charge is -2.16. The van der Waals surface area contributed by atoms with Gasteiger partial charge in [-0.2, -0.15) is 0 Å². The minimum absolute atomic E-state index is 0.929. The summed E-state index contributed by atoms with van der Waals surface area (Å²) >= 11 is 0. The van der Waals surface area contributed by atoms with Gasteiger partial charge in [0.2, 0.25) is 0 Å². The Kier molecular flexibility index (Phi) is 2.28. The van der Waals surface area contributed by atoms with Crippen LogP contribution in [0.2, 0.25) is 0 Å². The Balaban J connectivity index is 2.27. The third-order valence-corrected chi connectivity index (χ3v) is 3.32. The number of fused-ring (bicyclic) bond motifs is 2. The van der Waals surface area contributed by atoms with Gasteiger partial charge in [-0.1, -0.05) is 6.07 Å². The third kappa shape index (κ3) is 1.45. The number of hydrogen-bond acceptors (Lipinski definition) is 2. The molecule has 0 saturated carbocycles. The number of rotatable bonds is 1. The minimum Gasteiger partial charge on any atom is -0.496 e. The van der Waals surface area contributed by atoms with Crippen LogP contribution in [0.15, 0.2) is 24.3 Å². The van der Waals surface area contributed by atoms with Crippen LogP contribution in [0.4, 0.5) is 0 Å². The molecule has 0 saturated heterocycles. The second kappa shape index (κ2) is 3.78. The summed E-state index contributed by atoms with van der Waals surface area (Å²) in [6, 6.07) is 8.32. The average Bonchev–Trinajstić information content (AvgIpc) is 2.35. The zero-order chi connectivity index (χ0) is 11.0. The van der Waals surface area contributed by atoms with Crippen molar-refractivity contribution >= 4 is 10.9 Å². The van der Waals surface area contributed by atoms with Gasteiger partial charge < -0.3 is 4.74 Å². The first kappa shape index (κ1) is 9.64. The van der Waals surface area contributed by atoms with Crippen molar-refractivity contribution in [3.63, 3.8) is 0 Å². The second-order valence-corrected chi connectivity index (χ2v) is 4.33. The van der Waals surface area contributed by atoms with Gasteiger partial charge in [-0.15, -0.1) is 0 Å². The average molecular weight is 213 g/mol. The molecule has 1 aromatic carbocycles. The highest BCUT2D eigenvalue weighted by Gasteiger charge is 2.13. The van der Waals surface area contributed by atoms with Crippen molar-refractivity contribution in [3.05, 3.63) is 35.5 Å². The van der Waals surface area contributed by atoms with Gasteiger partial charge in [0.15, 0.2) is 0 Å². The quantitative estimate of drug-likeness (QED) is 0.726. The van der Waals surface area contributed by atoms with Crippen LogP contribution in [0.1, 0.15) is 24.1 Å². The summed E-state index contributed by atoms with van der Waals surface area (Å²) in [6.45, 7) is 0. The van der Waals surface area contributed by atoms with E-state index in [2.05, 4.69) is 12.1 Å². The molecule has 82 valence electrons. The molecule has 0 N–H and O–H groups in total. The summed E-state index contributed by atoms with van der Waals surface area (Å²) < 4.78 is 5.38. The smallest absolute Gasteiger partial charge is 0.128 e. The van der Waals surface area contributed by atoms with Gasteiger partial charge in [0, 0.05) is 11.1 Å². The summed E-state index contributed by atoms with van der Waals surface area (Å²) in [6.07, 6.45) is 4.85. The van der Waals surface area contributed by atoms with E-state index in [4.69, 9.17) is 9.72 Å². The maximum atomic E-state index is 5.38. The normalized spacial score (nSPS) is 14.8. The molecule has 2 aromatic rings. The Morgan fingerprint density at radius 2 is 2.06 bits per heavy atom. The summed E-state index contributed by atoms with van der Waals surface area (Å²) in [5.41, 5.74) is 3.75. The molecule has 0 spiro atoms. The molecular formula is C14H15NO. The Bertz CT molecular complexity index is 533. The topological polar surface area (TPSA) is 22.1 Å². The molecule has 3 rings (SSSR count). The van der Waals surface area contributed by atoms with E-state index in [0.29, 0.717) is 0 Å². The van der Waals surface area contributed by atoms with Gasteiger partial charge in [-0.05, 0) is 49.4 Å². The van der Waals surface area contributed by atoms with Crippen molar-refractivity contribution in [2.75, 3.05) is 7.11 Å². The number of methoxy groups -OCH3 is 1. The van der Waals surface area contributed by atoms with Crippen molar-refractivity contribution < 1.29 is 4.74 Å². The summed E-state index contributed by atoms with van der Waals surface area (Å²) in [5.74, 6) is 0.929. The standard InChI is InChI=1S/C14H15NO/c1-16-14-8-4-7-13-11(14)9-10-5-2-3-6-12(10)15-13/h4,7-9H,2-3,5-6H2,1H3. The number of pyridine rings is 1. The van der Waals surface area contributed by atoms with Gasteiger partial charge in [0.25, 0.3) is 0 Å². The van der Waals surface area contributed by atoms with Gasteiger partial charge in [-0.3, -0.25) is 4.98 Å². The van der Waals surface area contributed by atoms with Crippen LogP contribution in [0, 0.1) is 0 Å². The van der Waals surface area contributed by atoms with Crippen molar-refractivity contribution in [1.29, 1.82) is 0 Å². The SMILES string of the molecule is COc1cccc2nc3c(cc12)CCCC3. The van der Waals surface area contributed by atoms with E-state index in [0.717, 1.165) is 29.5 Å². The molecule has 2 heteroatoms. The molecule has 0 fully saturated rings. The molecule has 16 heavy (non-hydrogen) atoms. The van der Waals surface area contributed by atoms with Crippen LogP contribution in [0.5, 0.6) is 5.75 Å². The van der Waals surface area contributed by atoms with Crippen molar-refractivity contribution in [1.82, 2.24) is 4.98 Å². The zero-order valence-corrected chi connectivity index (χ0v) is 9.49. The molecule has 1 heterocycles. The molecule has 0 unspecified atom stereocenters. The van der Waals surface area contributed by atoms with Crippen LogP contribution in [-0.2, 0) is 12.8 Å². The van der Waals surface area contributed by atoms with Crippen LogP contribution < -0.4 is 4.74 Å².